The topological polar surface area (TPSA) is 29.1 Å². The van der Waals surface area contributed by atoms with Crippen molar-refractivity contribution in [2.24, 2.45) is 17.8 Å². The predicted octanol–water partition coefficient (Wildman–Crippen LogP) is 2.58. The van der Waals surface area contributed by atoms with Crippen molar-refractivity contribution in [1.82, 2.24) is 5.32 Å². The summed E-state index contributed by atoms with van der Waals surface area (Å²) < 4.78 is 0. The molecule has 0 aliphatic heterocycles. The van der Waals surface area contributed by atoms with Crippen molar-refractivity contribution in [1.29, 1.82) is 0 Å². The molecule has 1 amide bonds. The first kappa shape index (κ1) is 11.5. The van der Waals surface area contributed by atoms with Crippen LogP contribution in [0.15, 0.2) is 0 Å². The molecule has 1 aliphatic carbocycles. The van der Waals surface area contributed by atoms with Crippen LogP contribution in [0.1, 0.15) is 47.0 Å². The van der Waals surface area contributed by atoms with E-state index in [0.717, 1.165) is 11.8 Å². The van der Waals surface area contributed by atoms with E-state index in [9.17, 15) is 4.79 Å². The van der Waals surface area contributed by atoms with Gasteiger partial charge in [0.1, 0.15) is 0 Å². The highest BCUT2D eigenvalue weighted by atomic mass is 16.1. The minimum atomic E-state index is 0.119. The van der Waals surface area contributed by atoms with Gasteiger partial charge in [0.05, 0.1) is 0 Å². The normalized spacial score (nSPS) is 27.3. The molecule has 1 rings (SSSR count). The molecule has 0 saturated heterocycles. The quantitative estimate of drug-likeness (QED) is 0.740. The van der Waals surface area contributed by atoms with Crippen LogP contribution in [0.4, 0.5) is 0 Å². The van der Waals surface area contributed by atoms with Gasteiger partial charge in [0.15, 0.2) is 0 Å². The molecule has 0 heterocycles. The summed E-state index contributed by atoms with van der Waals surface area (Å²) in [5.41, 5.74) is 0. The van der Waals surface area contributed by atoms with Crippen molar-refractivity contribution in [3.8, 4) is 0 Å². The fourth-order valence-corrected chi connectivity index (χ4v) is 2.12. The lowest BCUT2D eigenvalue weighted by atomic mass is 9.94. The Morgan fingerprint density at radius 1 is 1.21 bits per heavy atom. The Labute approximate surface area is 87.5 Å². The largest absolute Gasteiger partial charge is 0.353 e. The first-order chi connectivity index (χ1) is 6.50. The molecule has 1 saturated carbocycles. The number of rotatable bonds is 3. The maximum Gasteiger partial charge on any atom is 0.222 e. The average Bonchev–Trinajstić information content (AvgIpc) is 2.52. The van der Waals surface area contributed by atoms with Gasteiger partial charge in [0.2, 0.25) is 5.91 Å². The van der Waals surface area contributed by atoms with Crippen LogP contribution in [0.25, 0.3) is 0 Å². The van der Waals surface area contributed by atoms with Crippen LogP contribution < -0.4 is 5.32 Å². The number of carbonyl (C=O) groups is 1. The summed E-state index contributed by atoms with van der Waals surface area (Å²) in [6.45, 7) is 8.45. The summed E-state index contributed by atoms with van der Waals surface area (Å²) in [6.07, 6.45) is 3.62. The van der Waals surface area contributed by atoms with Crippen LogP contribution in [0.2, 0.25) is 0 Å². The minimum Gasteiger partial charge on any atom is -0.353 e. The first-order valence-electron chi connectivity index (χ1n) is 5.81. The molecular formula is C12H23NO. The smallest absolute Gasteiger partial charge is 0.222 e. The third kappa shape index (κ3) is 3.00. The second kappa shape index (κ2) is 4.81. The zero-order valence-electron chi connectivity index (χ0n) is 9.84. The standard InChI is InChI=1S/C12H23NO/c1-8(2)10-5-6-11(7-10)13-12(14)9(3)4/h8-11H,5-7H2,1-4H3,(H,13,14). The lowest BCUT2D eigenvalue weighted by Gasteiger charge is -2.16. The van der Waals surface area contributed by atoms with E-state index >= 15 is 0 Å². The van der Waals surface area contributed by atoms with Crippen LogP contribution in [-0.4, -0.2) is 11.9 Å². The van der Waals surface area contributed by atoms with Crippen molar-refractivity contribution in [3.05, 3.63) is 0 Å². The van der Waals surface area contributed by atoms with Gasteiger partial charge in [-0.1, -0.05) is 27.7 Å². The van der Waals surface area contributed by atoms with Gasteiger partial charge in [-0.2, -0.15) is 0 Å². The molecule has 1 fully saturated rings. The van der Waals surface area contributed by atoms with Crippen LogP contribution in [0.5, 0.6) is 0 Å². The molecule has 2 atom stereocenters. The summed E-state index contributed by atoms with van der Waals surface area (Å²) in [5.74, 6) is 1.90. The summed E-state index contributed by atoms with van der Waals surface area (Å²) in [7, 11) is 0. The minimum absolute atomic E-state index is 0.119. The van der Waals surface area contributed by atoms with Crippen molar-refractivity contribution in [2.45, 2.75) is 53.0 Å². The highest BCUT2D eigenvalue weighted by Gasteiger charge is 2.27. The number of amides is 1. The van der Waals surface area contributed by atoms with Gasteiger partial charge in [-0.3, -0.25) is 4.79 Å². The van der Waals surface area contributed by atoms with E-state index in [2.05, 4.69) is 19.2 Å². The zero-order valence-corrected chi connectivity index (χ0v) is 9.84. The van der Waals surface area contributed by atoms with Gasteiger partial charge in [-0.05, 0) is 31.1 Å². The van der Waals surface area contributed by atoms with E-state index in [4.69, 9.17) is 0 Å². The Kier molecular flexibility index (Phi) is 3.97. The van der Waals surface area contributed by atoms with E-state index in [1.165, 1.54) is 19.3 Å². The maximum absolute atomic E-state index is 11.5. The van der Waals surface area contributed by atoms with Crippen molar-refractivity contribution >= 4 is 5.91 Å². The van der Waals surface area contributed by atoms with Crippen LogP contribution in [0.3, 0.4) is 0 Å². The van der Waals surface area contributed by atoms with E-state index in [-0.39, 0.29) is 11.8 Å². The lowest BCUT2D eigenvalue weighted by Crippen LogP contribution is -2.35. The third-order valence-electron chi connectivity index (χ3n) is 3.29. The molecule has 0 radical (unpaired) electrons. The Morgan fingerprint density at radius 3 is 2.29 bits per heavy atom. The van der Waals surface area contributed by atoms with Gasteiger partial charge in [0.25, 0.3) is 0 Å². The number of hydrogen-bond donors (Lipinski definition) is 1. The molecule has 2 nitrogen and oxygen atoms in total. The number of nitrogens with one attached hydrogen (secondary N) is 1. The summed E-state index contributed by atoms with van der Waals surface area (Å²) in [5, 5.41) is 3.12. The number of hydrogen-bond acceptors (Lipinski definition) is 1. The van der Waals surface area contributed by atoms with Crippen LogP contribution in [0, 0.1) is 17.8 Å². The predicted molar refractivity (Wildman–Crippen MR) is 58.9 cm³/mol. The monoisotopic (exact) mass is 197 g/mol. The molecule has 2 unspecified atom stereocenters. The summed E-state index contributed by atoms with van der Waals surface area (Å²) in [6, 6.07) is 0.442. The van der Waals surface area contributed by atoms with Gasteiger partial charge in [-0.25, -0.2) is 0 Å². The van der Waals surface area contributed by atoms with Crippen LogP contribution in [-0.2, 0) is 4.79 Å². The second-order valence-electron chi connectivity index (χ2n) is 5.18. The van der Waals surface area contributed by atoms with Crippen molar-refractivity contribution in [3.63, 3.8) is 0 Å². The number of carbonyl (C=O) groups excluding carboxylic acids is 1. The summed E-state index contributed by atoms with van der Waals surface area (Å²) in [4.78, 5) is 11.5. The molecule has 0 spiro atoms. The van der Waals surface area contributed by atoms with Gasteiger partial charge >= 0.3 is 0 Å². The van der Waals surface area contributed by atoms with E-state index < -0.39 is 0 Å². The molecule has 82 valence electrons. The van der Waals surface area contributed by atoms with Gasteiger partial charge in [0, 0.05) is 12.0 Å². The third-order valence-corrected chi connectivity index (χ3v) is 3.29. The van der Waals surface area contributed by atoms with Gasteiger partial charge < -0.3 is 5.32 Å². The fourth-order valence-electron chi connectivity index (χ4n) is 2.12. The molecule has 14 heavy (non-hydrogen) atoms. The highest BCUT2D eigenvalue weighted by Crippen LogP contribution is 2.31. The molecule has 0 aromatic rings. The Balaban J connectivity index is 2.32. The van der Waals surface area contributed by atoms with E-state index in [0.29, 0.717) is 6.04 Å². The van der Waals surface area contributed by atoms with Crippen LogP contribution >= 0.6 is 0 Å². The molecule has 0 aromatic carbocycles. The van der Waals surface area contributed by atoms with Crippen molar-refractivity contribution in [2.75, 3.05) is 0 Å². The molecule has 0 aromatic heterocycles. The summed E-state index contributed by atoms with van der Waals surface area (Å²) >= 11 is 0. The Bertz CT molecular complexity index is 198. The second-order valence-corrected chi connectivity index (χ2v) is 5.18. The Morgan fingerprint density at radius 2 is 1.86 bits per heavy atom. The Hall–Kier alpha value is -0.530. The van der Waals surface area contributed by atoms with Crippen molar-refractivity contribution < 1.29 is 4.79 Å². The van der Waals surface area contributed by atoms with E-state index in [1.807, 2.05) is 13.8 Å². The molecule has 2 heteroatoms. The molecule has 1 aliphatic rings. The molecule has 0 bridgehead atoms. The first-order valence-corrected chi connectivity index (χ1v) is 5.81. The molecular weight excluding hydrogens is 174 g/mol. The lowest BCUT2D eigenvalue weighted by molar-refractivity contribution is -0.124. The average molecular weight is 197 g/mol. The zero-order chi connectivity index (χ0) is 10.7. The van der Waals surface area contributed by atoms with E-state index in [1.54, 1.807) is 0 Å². The van der Waals surface area contributed by atoms with Gasteiger partial charge in [-0.15, -0.1) is 0 Å². The molecule has 1 N–H and O–H groups in total. The maximum atomic E-state index is 11.5. The SMILES string of the molecule is CC(C)C(=O)NC1CCC(C(C)C)C1. The highest BCUT2D eigenvalue weighted by molar-refractivity contribution is 5.78. The fraction of sp³-hybridized carbons (Fsp3) is 0.917.